The van der Waals surface area contributed by atoms with Crippen LogP contribution < -0.4 is 0 Å². The van der Waals surface area contributed by atoms with E-state index in [0.717, 1.165) is 23.7 Å². The topological polar surface area (TPSA) is 0 Å². The standard InChI is InChI=1S/C16H22/c1-12-15-8-4-2-6-13(15)10-11-14-7-3-5-9-16(12)14/h2-6,12,14-16H,7-11H2,1H3. The summed E-state index contributed by atoms with van der Waals surface area (Å²) in [5, 5.41) is 0. The Morgan fingerprint density at radius 3 is 2.88 bits per heavy atom. The highest BCUT2D eigenvalue weighted by Crippen LogP contribution is 2.46. The minimum atomic E-state index is 0.853. The van der Waals surface area contributed by atoms with E-state index in [-0.39, 0.29) is 0 Å². The van der Waals surface area contributed by atoms with Gasteiger partial charge in [0, 0.05) is 0 Å². The maximum absolute atomic E-state index is 2.50. The maximum Gasteiger partial charge on any atom is -0.0137 e. The summed E-state index contributed by atoms with van der Waals surface area (Å²) < 4.78 is 0. The highest BCUT2D eigenvalue weighted by Gasteiger charge is 2.36. The number of hydrogen-bond donors (Lipinski definition) is 0. The third-order valence-electron chi connectivity index (χ3n) is 5.05. The minimum Gasteiger partial charge on any atom is -0.0882 e. The molecule has 3 aliphatic rings. The van der Waals surface area contributed by atoms with Gasteiger partial charge in [0.05, 0.1) is 0 Å². The molecule has 0 aromatic heterocycles. The molecule has 0 radical (unpaired) electrons. The van der Waals surface area contributed by atoms with Gasteiger partial charge in [0.1, 0.15) is 0 Å². The van der Waals surface area contributed by atoms with Crippen molar-refractivity contribution in [2.45, 2.75) is 39.0 Å². The molecule has 0 aromatic rings. The molecule has 0 aromatic carbocycles. The van der Waals surface area contributed by atoms with Crippen LogP contribution in [0.5, 0.6) is 0 Å². The second-order valence-electron chi connectivity index (χ2n) is 5.78. The van der Waals surface area contributed by atoms with Gasteiger partial charge in [-0.3, -0.25) is 0 Å². The van der Waals surface area contributed by atoms with Gasteiger partial charge in [-0.25, -0.2) is 0 Å². The van der Waals surface area contributed by atoms with Crippen LogP contribution in [-0.4, -0.2) is 0 Å². The van der Waals surface area contributed by atoms with Gasteiger partial charge >= 0.3 is 0 Å². The Bertz CT molecular complexity index is 345. The first kappa shape index (κ1) is 10.4. The lowest BCUT2D eigenvalue weighted by Crippen LogP contribution is -2.26. The fourth-order valence-corrected chi connectivity index (χ4v) is 4.03. The van der Waals surface area contributed by atoms with Crippen LogP contribution in [0.1, 0.15) is 39.0 Å². The SMILES string of the molecule is CC1C2CC=CC=C2CCC2CC=CCC21. The molecule has 3 aliphatic carbocycles. The summed E-state index contributed by atoms with van der Waals surface area (Å²) >= 11 is 0. The monoisotopic (exact) mass is 214 g/mol. The summed E-state index contributed by atoms with van der Waals surface area (Å²) in [5.74, 6) is 3.65. The zero-order valence-corrected chi connectivity index (χ0v) is 10.2. The fourth-order valence-electron chi connectivity index (χ4n) is 4.03. The molecule has 3 rings (SSSR count). The van der Waals surface area contributed by atoms with Gasteiger partial charge in [0.25, 0.3) is 0 Å². The molecule has 0 amide bonds. The van der Waals surface area contributed by atoms with E-state index in [9.17, 15) is 0 Å². The van der Waals surface area contributed by atoms with Crippen LogP contribution in [0.4, 0.5) is 0 Å². The highest BCUT2D eigenvalue weighted by molar-refractivity contribution is 5.23. The molecule has 4 unspecified atom stereocenters. The van der Waals surface area contributed by atoms with Crippen molar-refractivity contribution in [1.29, 1.82) is 0 Å². The molecule has 1 saturated carbocycles. The maximum atomic E-state index is 2.50. The van der Waals surface area contributed by atoms with E-state index in [1.54, 1.807) is 5.57 Å². The van der Waals surface area contributed by atoms with E-state index in [2.05, 4.69) is 37.3 Å². The van der Waals surface area contributed by atoms with Crippen molar-refractivity contribution in [2.75, 3.05) is 0 Å². The Hall–Kier alpha value is -0.780. The molecule has 0 heterocycles. The van der Waals surface area contributed by atoms with E-state index in [1.165, 1.54) is 32.1 Å². The molecule has 0 nitrogen and oxygen atoms in total. The van der Waals surface area contributed by atoms with E-state index >= 15 is 0 Å². The normalized spacial score (nSPS) is 41.9. The molecule has 0 saturated heterocycles. The first-order valence-corrected chi connectivity index (χ1v) is 6.87. The summed E-state index contributed by atoms with van der Waals surface area (Å²) in [6.45, 7) is 2.50. The van der Waals surface area contributed by atoms with Crippen molar-refractivity contribution in [2.24, 2.45) is 23.7 Å². The zero-order valence-electron chi connectivity index (χ0n) is 10.2. The second kappa shape index (κ2) is 4.24. The van der Waals surface area contributed by atoms with Crippen LogP contribution >= 0.6 is 0 Å². The minimum absolute atomic E-state index is 0.853. The summed E-state index contributed by atoms with van der Waals surface area (Å²) in [6.07, 6.45) is 18.6. The Balaban J connectivity index is 1.88. The van der Waals surface area contributed by atoms with Crippen LogP contribution in [-0.2, 0) is 0 Å². The Morgan fingerprint density at radius 2 is 1.94 bits per heavy atom. The lowest BCUT2D eigenvalue weighted by molar-refractivity contribution is 0.201. The van der Waals surface area contributed by atoms with E-state index in [0.29, 0.717) is 0 Å². The molecule has 4 atom stereocenters. The highest BCUT2D eigenvalue weighted by atomic mass is 14.4. The van der Waals surface area contributed by atoms with Crippen molar-refractivity contribution < 1.29 is 0 Å². The van der Waals surface area contributed by atoms with Crippen molar-refractivity contribution in [3.63, 3.8) is 0 Å². The molecule has 0 bridgehead atoms. The molecular formula is C16H22. The number of fused-ring (bicyclic) bond motifs is 2. The van der Waals surface area contributed by atoms with Gasteiger partial charge in [-0.05, 0) is 55.8 Å². The third kappa shape index (κ3) is 1.69. The smallest absolute Gasteiger partial charge is 0.0137 e. The fraction of sp³-hybridized carbons (Fsp3) is 0.625. The first-order valence-electron chi connectivity index (χ1n) is 6.87. The van der Waals surface area contributed by atoms with Crippen LogP contribution in [0.15, 0.2) is 36.0 Å². The predicted octanol–water partition coefficient (Wildman–Crippen LogP) is 4.50. The summed E-state index contributed by atoms with van der Waals surface area (Å²) in [5.41, 5.74) is 1.74. The van der Waals surface area contributed by atoms with Crippen molar-refractivity contribution in [1.82, 2.24) is 0 Å². The Morgan fingerprint density at radius 1 is 1.06 bits per heavy atom. The summed E-state index contributed by atoms with van der Waals surface area (Å²) in [7, 11) is 0. The van der Waals surface area contributed by atoms with E-state index < -0.39 is 0 Å². The molecule has 0 N–H and O–H groups in total. The first-order chi connectivity index (χ1) is 7.86. The molecule has 0 aliphatic heterocycles. The zero-order chi connectivity index (χ0) is 11.0. The van der Waals surface area contributed by atoms with Gasteiger partial charge in [-0.2, -0.15) is 0 Å². The van der Waals surface area contributed by atoms with Crippen LogP contribution in [0, 0.1) is 23.7 Å². The van der Waals surface area contributed by atoms with Gasteiger partial charge in [0.2, 0.25) is 0 Å². The molecule has 1 fully saturated rings. The third-order valence-corrected chi connectivity index (χ3v) is 5.05. The number of rotatable bonds is 0. The van der Waals surface area contributed by atoms with Gasteiger partial charge in [-0.15, -0.1) is 0 Å². The van der Waals surface area contributed by atoms with Gasteiger partial charge in [-0.1, -0.05) is 42.9 Å². The molecule has 86 valence electrons. The number of allylic oxidation sites excluding steroid dienone is 6. The van der Waals surface area contributed by atoms with Crippen LogP contribution in [0.2, 0.25) is 0 Å². The average molecular weight is 214 g/mol. The summed E-state index contributed by atoms with van der Waals surface area (Å²) in [4.78, 5) is 0. The van der Waals surface area contributed by atoms with Crippen LogP contribution in [0.3, 0.4) is 0 Å². The second-order valence-corrected chi connectivity index (χ2v) is 5.78. The van der Waals surface area contributed by atoms with Crippen molar-refractivity contribution in [3.05, 3.63) is 36.0 Å². The van der Waals surface area contributed by atoms with Gasteiger partial charge in [0.15, 0.2) is 0 Å². The summed E-state index contributed by atoms with van der Waals surface area (Å²) in [6, 6.07) is 0. The average Bonchev–Trinajstić information content (AvgIpc) is 2.49. The van der Waals surface area contributed by atoms with Crippen LogP contribution in [0.25, 0.3) is 0 Å². The Kier molecular flexibility index (Phi) is 2.75. The molecule has 0 spiro atoms. The van der Waals surface area contributed by atoms with Gasteiger partial charge < -0.3 is 0 Å². The molecule has 16 heavy (non-hydrogen) atoms. The number of hydrogen-bond acceptors (Lipinski definition) is 0. The van der Waals surface area contributed by atoms with E-state index in [1.807, 2.05) is 0 Å². The Labute approximate surface area is 99.1 Å². The van der Waals surface area contributed by atoms with E-state index in [4.69, 9.17) is 0 Å². The molecule has 0 heteroatoms. The predicted molar refractivity (Wildman–Crippen MR) is 69.1 cm³/mol. The van der Waals surface area contributed by atoms with Crippen molar-refractivity contribution >= 4 is 0 Å². The lowest BCUT2D eigenvalue weighted by Gasteiger charge is -2.34. The largest absolute Gasteiger partial charge is 0.0882 e. The lowest BCUT2D eigenvalue weighted by atomic mass is 9.70. The van der Waals surface area contributed by atoms with Crippen molar-refractivity contribution in [3.8, 4) is 0 Å². The quantitative estimate of drug-likeness (QED) is 0.521. The molecular weight excluding hydrogens is 192 g/mol.